The SMILES string of the molecule is c1ccc2c(c1)c[c]([Ge]13[NH]CCN(CC[NH]1)CC[NH]3)c1ccccc12. The van der Waals surface area contributed by atoms with Gasteiger partial charge in [-0.2, -0.15) is 0 Å². The molecule has 3 saturated heterocycles. The molecule has 0 spiro atoms. The van der Waals surface area contributed by atoms with E-state index < -0.39 is 13.9 Å². The monoisotopic (exact) mass is 394 g/mol. The predicted octanol–water partition coefficient (Wildman–Crippen LogP) is 1.24. The van der Waals surface area contributed by atoms with Gasteiger partial charge in [0.15, 0.2) is 0 Å². The van der Waals surface area contributed by atoms with Crippen LogP contribution in [0, 0.1) is 0 Å². The van der Waals surface area contributed by atoms with Crippen molar-refractivity contribution in [2.75, 3.05) is 39.3 Å². The number of hydrogen-bond acceptors (Lipinski definition) is 4. The Hall–Kier alpha value is -1.44. The molecule has 0 amide bonds. The van der Waals surface area contributed by atoms with Crippen molar-refractivity contribution in [1.82, 2.24) is 17.7 Å². The summed E-state index contributed by atoms with van der Waals surface area (Å²) in [4.78, 5) is 2.54. The van der Waals surface area contributed by atoms with Gasteiger partial charge in [0.25, 0.3) is 0 Å². The zero-order chi connectivity index (χ0) is 16.7. The second kappa shape index (κ2) is 6.38. The van der Waals surface area contributed by atoms with Crippen molar-refractivity contribution in [2.24, 2.45) is 0 Å². The van der Waals surface area contributed by atoms with Crippen LogP contribution in [-0.4, -0.2) is 58.1 Å². The second-order valence-corrected chi connectivity index (χ2v) is 13.6. The first-order valence-corrected chi connectivity index (χ1v) is 13.4. The van der Waals surface area contributed by atoms with Crippen molar-refractivity contribution in [3.05, 3.63) is 54.6 Å². The van der Waals surface area contributed by atoms with Crippen molar-refractivity contribution in [3.63, 3.8) is 0 Å². The van der Waals surface area contributed by atoms with Crippen LogP contribution in [-0.2, 0) is 0 Å². The van der Waals surface area contributed by atoms with Crippen LogP contribution >= 0.6 is 0 Å². The molecule has 3 aliphatic rings. The number of hydrogen-bond donors (Lipinski definition) is 3. The summed E-state index contributed by atoms with van der Waals surface area (Å²) in [6, 6.07) is 20.1. The number of rotatable bonds is 1. The van der Waals surface area contributed by atoms with E-state index in [2.05, 4.69) is 72.3 Å². The summed E-state index contributed by atoms with van der Waals surface area (Å²) < 4.78 is 13.4. The maximum absolute atomic E-state index is 3.96. The molecule has 5 heteroatoms. The average Bonchev–Trinajstić information content (AvgIpc) is 2.60. The molecule has 0 aliphatic carbocycles. The van der Waals surface area contributed by atoms with E-state index in [4.69, 9.17) is 0 Å². The first kappa shape index (κ1) is 15.8. The summed E-state index contributed by atoms with van der Waals surface area (Å²) in [6.07, 6.45) is 0. The molecule has 3 aromatic carbocycles. The molecular formula is C20H24GeN4. The average molecular weight is 393 g/mol. The molecule has 3 fully saturated rings. The maximum atomic E-state index is 3.96. The fraction of sp³-hybridized carbons (Fsp3) is 0.300. The first-order valence-electron chi connectivity index (χ1n) is 9.24. The van der Waals surface area contributed by atoms with E-state index in [-0.39, 0.29) is 0 Å². The van der Waals surface area contributed by atoms with Gasteiger partial charge in [0.05, 0.1) is 0 Å². The second-order valence-electron chi connectivity index (χ2n) is 7.06. The van der Waals surface area contributed by atoms with Crippen LogP contribution in [0.15, 0.2) is 54.6 Å². The molecule has 0 radical (unpaired) electrons. The Morgan fingerprint density at radius 1 is 0.680 bits per heavy atom. The van der Waals surface area contributed by atoms with Crippen molar-refractivity contribution in [1.29, 1.82) is 0 Å². The van der Waals surface area contributed by atoms with Crippen LogP contribution in [0.25, 0.3) is 21.5 Å². The van der Waals surface area contributed by atoms with E-state index in [1.165, 1.54) is 25.9 Å². The van der Waals surface area contributed by atoms with Gasteiger partial charge in [-0.3, -0.25) is 0 Å². The Morgan fingerprint density at radius 3 is 1.92 bits per heavy atom. The number of nitrogens with one attached hydrogen (secondary N) is 3. The third-order valence-corrected chi connectivity index (χ3v) is 13.1. The van der Waals surface area contributed by atoms with Crippen LogP contribution < -0.4 is 17.2 Å². The summed E-state index contributed by atoms with van der Waals surface area (Å²) in [5.74, 6) is 0. The molecular weight excluding hydrogens is 369 g/mol. The van der Waals surface area contributed by atoms with Gasteiger partial charge in [0, 0.05) is 0 Å². The molecule has 0 unspecified atom stereocenters. The molecule has 0 aromatic heterocycles. The summed E-state index contributed by atoms with van der Waals surface area (Å²) in [7, 11) is 0. The van der Waals surface area contributed by atoms with Crippen LogP contribution in [0.2, 0.25) is 0 Å². The molecule has 2 bridgehead atoms. The van der Waals surface area contributed by atoms with Gasteiger partial charge in [-0.05, 0) is 0 Å². The van der Waals surface area contributed by atoms with Crippen molar-refractivity contribution < 1.29 is 0 Å². The predicted molar refractivity (Wildman–Crippen MR) is 107 cm³/mol. The van der Waals surface area contributed by atoms with Gasteiger partial charge in [0.1, 0.15) is 0 Å². The number of fused-ring (bicyclic) bond motifs is 9. The van der Waals surface area contributed by atoms with Crippen molar-refractivity contribution in [2.45, 2.75) is 0 Å². The third kappa shape index (κ3) is 2.69. The van der Waals surface area contributed by atoms with E-state index in [9.17, 15) is 0 Å². The van der Waals surface area contributed by atoms with E-state index in [1.807, 2.05) is 0 Å². The standard InChI is InChI=1S/C20H24GeN4/c1-2-6-17-16(5-1)15-20(19-8-4-3-7-18(17)19)21-22-9-12-25(13-10-23-21)14-11-24-21/h1-8,15,22-24H,9-14H2. The van der Waals surface area contributed by atoms with Gasteiger partial charge in [-0.1, -0.05) is 0 Å². The Kier molecular flexibility index (Phi) is 4.03. The number of benzene rings is 3. The molecule has 0 atom stereocenters. The molecule has 4 nitrogen and oxygen atoms in total. The Bertz CT molecular complexity index is 899. The molecule has 128 valence electrons. The quantitative estimate of drug-likeness (QED) is 0.430. The normalized spacial score (nSPS) is 27.1. The summed E-state index contributed by atoms with van der Waals surface area (Å²) in [5, 5.41) is 5.45. The summed E-state index contributed by atoms with van der Waals surface area (Å²) >= 11 is -2.79. The third-order valence-electron chi connectivity index (χ3n) is 5.63. The van der Waals surface area contributed by atoms with Gasteiger partial charge < -0.3 is 0 Å². The summed E-state index contributed by atoms with van der Waals surface area (Å²) in [6.45, 7) is 6.63. The van der Waals surface area contributed by atoms with Crippen LogP contribution in [0.4, 0.5) is 0 Å². The van der Waals surface area contributed by atoms with Crippen LogP contribution in [0.5, 0.6) is 0 Å². The molecule has 3 aliphatic heterocycles. The Balaban J connectivity index is 1.77. The van der Waals surface area contributed by atoms with Crippen molar-refractivity contribution >= 4 is 39.9 Å². The molecule has 3 aromatic rings. The van der Waals surface area contributed by atoms with Gasteiger partial charge in [0.2, 0.25) is 0 Å². The fourth-order valence-corrected chi connectivity index (χ4v) is 11.5. The van der Waals surface area contributed by atoms with Crippen LogP contribution in [0.1, 0.15) is 0 Å². The fourth-order valence-electron chi connectivity index (χ4n) is 4.38. The summed E-state index contributed by atoms with van der Waals surface area (Å²) in [5.41, 5.74) is 0. The minimum absolute atomic E-state index is 1.06. The first-order chi connectivity index (χ1) is 12.4. The molecule has 3 heterocycles. The Morgan fingerprint density at radius 2 is 1.24 bits per heavy atom. The van der Waals surface area contributed by atoms with E-state index in [0.29, 0.717) is 0 Å². The topological polar surface area (TPSA) is 39.3 Å². The zero-order valence-corrected chi connectivity index (χ0v) is 16.5. The van der Waals surface area contributed by atoms with Gasteiger partial charge in [-0.15, -0.1) is 0 Å². The van der Waals surface area contributed by atoms with E-state index in [1.54, 1.807) is 0 Å². The van der Waals surface area contributed by atoms with Gasteiger partial charge in [-0.25, -0.2) is 0 Å². The van der Waals surface area contributed by atoms with Crippen molar-refractivity contribution in [3.8, 4) is 0 Å². The van der Waals surface area contributed by atoms with Gasteiger partial charge >= 0.3 is 151 Å². The van der Waals surface area contributed by atoms with E-state index in [0.717, 1.165) is 39.3 Å². The molecule has 6 rings (SSSR count). The van der Waals surface area contributed by atoms with Crippen LogP contribution in [0.3, 0.4) is 0 Å². The Labute approximate surface area is 151 Å². The molecule has 3 N–H and O–H groups in total. The van der Waals surface area contributed by atoms with E-state index >= 15 is 0 Å². The zero-order valence-electron chi connectivity index (χ0n) is 14.4. The molecule has 25 heavy (non-hydrogen) atoms. The number of nitrogens with zero attached hydrogens (tertiary/aromatic N) is 1. The minimum atomic E-state index is -2.79. The molecule has 0 saturated carbocycles.